The van der Waals surface area contributed by atoms with Gasteiger partial charge in [-0.1, -0.05) is 46.2 Å². The second-order valence-electron chi connectivity index (χ2n) is 13.0. The van der Waals surface area contributed by atoms with Gasteiger partial charge in [0.25, 0.3) is 0 Å². The summed E-state index contributed by atoms with van der Waals surface area (Å²) < 4.78 is 17.0. The fourth-order valence-electron chi connectivity index (χ4n) is 5.00. The van der Waals surface area contributed by atoms with Crippen molar-refractivity contribution < 1.29 is 28.6 Å². The van der Waals surface area contributed by atoms with Gasteiger partial charge in [-0.15, -0.1) is 0 Å². The van der Waals surface area contributed by atoms with Crippen LogP contribution in [0.1, 0.15) is 40.0 Å². The molecule has 2 aliphatic rings. The fourth-order valence-corrected chi connectivity index (χ4v) is 8.48. The molecule has 0 aromatic rings. The summed E-state index contributed by atoms with van der Waals surface area (Å²) in [5.41, 5.74) is -0.901. The maximum atomic E-state index is 13.3. The molecular formula is C24H44O6Si2. The van der Waals surface area contributed by atoms with Gasteiger partial charge in [0.1, 0.15) is 0 Å². The minimum absolute atomic E-state index is 0.0882. The summed E-state index contributed by atoms with van der Waals surface area (Å²) in [7, 11) is -2.87. The lowest BCUT2D eigenvalue weighted by molar-refractivity contribution is -0.160. The number of hydrogen-bond donors (Lipinski definition) is 0. The van der Waals surface area contributed by atoms with Crippen molar-refractivity contribution in [1.29, 1.82) is 0 Å². The largest absolute Gasteiger partial charge is 0.463 e. The van der Waals surface area contributed by atoms with Crippen molar-refractivity contribution in [2.24, 2.45) is 23.2 Å². The van der Waals surface area contributed by atoms with Gasteiger partial charge in [-0.05, 0) is 51.1 Å². The first kappa shape index (κ1) is 27.2. The zero-order chi connectivity index (χ0) is 24.5. The molecule has 2 heterocycles. The normalized spacial score (nSPS) is 27.6. The van der Waals surface area contributed by atoms with E-state index in [1.165, 1.54) is 0 Å². The summed E-state index contributed by atoms with van der Waals surface area (Å²) >= 11 is 0. The molecule has 0 saturated carbocycles. The van der Waals surface area contributed by atoms with Crippen molar-refractivity contribution >= 4 is 34.1 Å². The van der Waals surface area contributed by atoms with Crippen molar-refractivity contribution in [3.63, 3.8) is 0 Å². The molecule has 2 fully saturated rings. The van der Waals surface area contributed by atoms with E-state index in [0.29, 0.717) is 6.61 Å². The molecule has 184 valence electrons. The Bertz CT molecular complexity index is 690. The third-order valence-electron chi connectivity index (χ3n) is 6.48. The van der Waals surface area contributed by atoms with E-state index < -0.39 is 45.3 Å². The molecule has 6 nitrogen and oxygen atoms in total. The lowest BCUT2D eigenvalue weighted by atomic mass is 9.74. The van der Waals surface area contributed by atoms with Crippen molar-refractivity contribution in [1.82, 2.24) is 0 Å². The van der Waals surface area contributed by atoms with Gasteiger partial charge < -0.3 is 14.2 Å². The monoisotopic (exact) mass is 484 g/mol. The van der Waals surface area contributed by atoms with Gasteiger partial charge in [0.2, 0.25) is 0 Å². The number of rotatable bonds is 9. The summed E-state index contributed by atoms with van der Waals surface area (Å²) in [6.07, 6.45) is 1.70. The van der Waals surface area contributed by atoms with Gasteiger partial charge in [0.05, 0.1) is 29.5 Å². The average Bonchev–Trinajstić information content (AvgIpc) is 2.85. The van der Waals surface area contributed by atoms with E-state index in [1.807, 2.05) is 20.8 Å². The van der Waals surface area contributed by atoms with E-state index in [4.69, 9.17) is 14.2 Å². The predicted molar refractivity (Wildman–Crippen MR) is 131 cm³/mol. The fraction of sp³-hybridized carbons (Fsp3) is 0.875. The highest BCUT2D eigenvalue weighted by Gasteiger charge is 2.53. The quantitative estimate of drug-likeness (QED) is 0.257. The lowest BCUT2D eigenvalue weighted by Crippen LogP contribution is -2.43. The number of carbonyl (C=O) groups is 3. The first-order chi connectivity index (χ1) is 14.5. The minimum atomic E-state index is -1.43. The number of cyclic esters (lactones) is 2. The third kappa shape index (κ3) is 7.52. The number of ether oxygens (including phenoxy) is 3. The van der Waals surface area contributed by atoms with E-state index in [2.05, 4.69) is 39.3 Å². The summed E-state index contributed by atoms with van der Waals surface area (Å²) in [6.45, 7) is 20.0. The van der Waals surface area contributed by atoms with E-state index in [1.54, 1.807) is 0 Å². The van der Waals surface area contributed by atoms with E-state index in [0.717, 1.165) is 24.9 Å². The molecule has 4 unspecified atom stereocenters. The first-order valence-electron chi connectivity index (χ1n) is 12.1. The first-order valence-corrected chi connectivity index (χ1v) is 19.5. The molecule has 0 N–H and O–H groups in total. The average molecular weight is 485 g/mol. The summed E-state index contributed by atoms with van der Waals surface area (Å²) in [6, 6.07) is 1.86. The Balaban J connectivity index is 2.16. The Morgan fingerprint density at radius 3 is 2.12 bits per heavy atom. The summed E-state index contributed by atoms with van der Waals surface area (Å²) in [5.74, 6) is -2.50. The lowest BCUT2D eigenvalue weighted by Gasteiger charge is -2.36. The van der Waals surface area contributed by atoms with Gasteiger partial charge in [-0.3, -0.25) is 14.4 Å². The van der Waals surface area contributed by atoms with Crippen LogP contribution < -0.4 is 0 Å². The van der Waals surface area contributed by atoms with Crippen molar-refractivity contribution in [3.8, 4) is 0 Å². The molecule has 0 aromatic carbocycles. The third-order valence-corrected chi connectivity index (χ3v) is 9.84. The summed E-state index contributed by atoms with van der Waals surface area (Å²) in [4.78, 5) is 38.5. The molecule has 0 aromatic heterocycles. The second-order valence-corrected chi connectivity index (χ2v) is 24.0. The van der Waals surface area contributed by atoms with Crippen LogP contribution in [0.4, 0.5) is 0 Å². The Labute approximate surface area is 196 Å². The SMILES string of the molecule is CC1CCCOC1C1C(=O)OC(=O)C1CC(C)(C)C(=O)OC(C[Si](C)(C)C)C[Si](C)(C)C. The Kier molecular flexibility index (Phi) is 8.60. The van der Waals surface area contributed by atoms with E-state index in [9.17, 15) is 14.4 Å². The molecule has 0 bridgehead atoms. The molecule has 2 aliphatic heterocycles. The van der Waals surface area contributed by atoms with Crippen LogP contribution in [0, 0.1) is 23.2 Å². The predicted octanol–water partition coefficient (Wildman–Crippen LogP) is 5.12. The molecule has 0 spiro atoms. The van der Waals surface area contributed by atoms with Gasteiger partial charge in [0, 0.05) is 22.8 Å². The standard InChI is InChI=1S/C24H44O6Si2/c1-16-11-10-12-28-20(16)19-18(21(25)30-22(19)26)13-24(2,3)23(27)29-17(14-31(4,5)6)15-32(7,8)9/h16-20H,10-15H2,1-9H3. The van der Waals surface area contributed by atoms with Crippen LogP contribution >= 0.6 is 0 Å². The Morgan fingerprint density at radius 2 is 1.62 bits per heavy atom. The minimum Gasteiger partial charge on any atom is -0.463 e. The number of esters is 3. The molecule has 0 radical (unpaired) electrons. The molecule has 2 rings (SSSR count). The van der Waals surface area contributed by atoms with Crippen LogP contribution in [0.5, 0.6) is 0 Å². The molecule has 0 amide bonds. The highest BCUT2D eigenvalue weighted by molar-refractivity contribution is 6.78. The molecule has 2 saturated heterocycles. The molecule has 0 aliphatic carbocycles. The van der Waals surface area contributed by atoms with Gasteiger partial charge in [-0.25, -0.2) is 0 Å². The van der Waals surface area contributed by atoms with Crippen LogP contribution in [-0.4, -0.2) is 52.9 Å². The topological polar surface area (TPSA) is 78.9 Å². The number of hydrogen-bond acceptors (Lipinski definition) is 6. The second kappa shape index (κ2) is 10.1. The highest BCUT2D eigenvalue weighted by Crippen LogP contribution is 2.41. The zero-order valence-electron chi connectivity index (χ0n) is 21.6. The van der Waals surface area contributed by atoms with Crippen LogP contribution in [-0.2, 0) is 28.6 Å². The number of carbonyl (C=O) groups excluding carboxylic acids is 3. The molecule has 8 heteroatoms. The van der Waals surface area contributed by atoms with Crippen molar-refractivity contribution in [2.75, 3.05) is 6.61 Å². The maximum absolute atomic E-state index is 13.3. The summed E-state index contributed by atoms with van der Waals surface area (Å²) in [5, 5.41) is 0. The van der Waals surface area contributed by atoms with E-state index in [-0.39, 0.29) is 30.5 Å². The van der Waals surface area contributed by atoms with Crippen LogP contribution in [0.3, 0.4) is 0 Å². The maximum Gasteiger partial charge on any atom is 0.320 e. The van der Waals surface area contributed by atoms with Gasteiger partial charge in [-0.2, -0.15) is 0 Å². The Morgan fingerprint density at radius 1 is 1.06 bits per heavy atom. The zero-order valence-corrected chi connectivity index (χ0v) is 23.6. The van der Waals surface area contributed by atoms with Crippen LogP contribution in [0.25, 0.3) is 0 Å². The van der Waals surface area contributed by atoms with Gasteiger partial charge in [0.15, 0.2) is 0 Å². The highest BCUT2D eigenvalue weighted by atomic mass is 28.3. The Hall–Kier alpha value is -0.996. The molecular weight excluding hydrogens is 440 g/mol. The van der Waals surface area contributed by atoms with Gasteiger partial charge >= 0.3 is 17.9 Å². The van der Waals surface area contributed by atoms with Crippen molar-refractivity contribution in [2.45, 2.75) is 104 Å². The smallest absolute Gasteiger partial charge is 0.320 e. The molecule has 4 atom stereocenters. The van der Waals surface area contributed by atoms with E-state index >= 15 is 0 Å². The van der Waals surface area contributed by atoms with Crippen LogP contribution in [0.15, 0.2) is 0 Å². The molecule has 32 heavy (non-hydrogen) atoms. The van der Waals surface area contributed by atoms with Crippen molar-refractivity contribution in [3.05, 3.63) is 0 Å². The van der Waals surface area contributed by atoms with Crippen LogP contribution in [0.2, 0.25) is 51.4 Å².